The molecular weight excluding hydrogens is 422 g/mol. The highest BCUT2D eigenvalue weighted by atomic mass is 32.2. The number of sulfonamides is 1. The number of halogens is 6. The van der Waals surface area contributed by atoms with Crippen LogP contribution in [0.2, 0.25) is 0 Å². The molecule has 29 heavy (non-hydrogen) atoms. The lowest BCUT2D eigenvalue weighted by molar-refractivity contribution is -0.137. The predicted octanol–water partition coefficient (Wildman–Crippen LogP) is 4.64. The molecule has 156 valence electrons. The molecule has 1 aliphatic carbocycles. The van der Waals surface area contributed by atoms with Gasteiger partial charge in [-0.2, -0.15) is 26.3 Å². The van der Waals surface area contributed by atoms with Gasteiger partial charge in [-0.05, 0) is 47.7 Å². The molecule has 0 amide bonds. The van der Waals surface area contributed by atoms with E-state index in [0.717, 1.165) is 36.5 Å². The number of alkyl halides is 6. The van der Waals surface area contributed by atoms with Gasteiger partial charge < -0.3 is 0 Å². The Morgan fingerprint density at radius 1 is 0.931 bits per heavy atom. The van der Waals surface area contributed by atoms with Crippen molar-refractivity contribution in [3.8, 4) is 0 Å². The second-order valence-corrected chi connectivity index (χ2v) is 8.04. The van der Waals surface area contributed by atoms with Crippen LogP contribution in [-0.4, -0.2) is 19.6 Å². The molecule has 1 unspecified atom stereocenters. The Balaban J connectivity index is 2.08. The molecule has 1 atom stereocenters. The third-order valence-electron chi connectivity index (χ3n) is 4.68. The second kappa shape index (κ2) is 7.13. The van der Waals surface area contributed by atoms with Gasteiger partial charge in [0.15, 0.2) is 5.03 Å². The first-order valence-electron chi connectivity index (χ1n) is 8.25. The Hall–Kier alpha value is -2.40. The highest BCUT2D eigenvalue weighted by molar-refractivity contribution is 7.89. The third-order valence-corrected chi connectivity index (χ3v) is 5.50. The number of aromatic nitrogens is 1. The smallest absolute Gasteiger partial charge is 0.243 e. The van der Waals surface area contributed by atoms with Crippen molar-refractivity contribution in [2.45, 2.75) is 36.1 Å². The molecule has 4 nitrogen and oxygen atoms in total. The molecule has 3 rings (SSSR count). The topological polar surface area (TPSA) is 73.1 Å². The van der Waals surface area contributed by atoms with Crippen molar-refractivity contribution in [2.24, 2.45) is 5.14 Å². The van der Waals surface area contributed by atoms with Crippen LogP contribution < -0.4 is 5.14 Å². The number of pyridine rings is 1. The lowest BCUT2D eigenvalue weighted by Gasteiger charge is -2.18. The van der Waals surface area contributed by atoms with Crippen molar-refractivity contribution in [3.63, 3.8) is 0 Å². The van der Waals surface area contributed by atoms with Crippen molar-refractivity contribution in [1.29, 1.82) is 0 Å². The zero-order valence-corrected chi connectivity index (χ0v) is 15.4. The summed E-state index contributed by atoms with van der Waals surface area (Å²) in [7, 11) is -4.07. The van der Waals surface area contributed by atoms with Crippen LogP contribution in [0.25, 0.3) is 5.57 Å². The number of allylic oxidation sites excluding steroid dienone is 2. The molecule has 11 heteroatoms. The summed E-state index contributed by atoms with van der Waals surface area (Å²) < 4.78 is 102. The van der Waals surface area contributed by atoms with E-state index < -0.39 is 44.5 Å². The van der Waals surface area contributed by atoms with Gasteiger partial charge >= 0.3 is 12.4 Å². The highest BCUT2D eigenvalue weighted by Gasteiger charge is 2.42. The van der Waals surface area contributed by atoms with Crippen molar-refractivity contribution < 1.29 is 34.8 Å². The monoisotopic (exact) mass is 436 g/mol. The quantitative estimate of drug-likeness (QED) is 0.713. The van der Waals surface area contributed by atoms with E-state index in [9.17, 15) is 34.8 Å². The van der Waals surface area contributed by atoms with E-state index in [1.165, 1.54) is 6.07 Å². The first-order valence-corrected chi connectivity index (χ1v) is 9.80. The fraction of sp³-hybridized carbons (Fsp3) is 0.278. The van der Waals surface area contributed by atoms with E-state index >= 15 is 0 Å². The summed E-state index contributed by atoms with van der Waals surface area (Å²) >= 11 is 0. The molecule has 2 N–H and O–H groups in total. The average molecular weight is 436 g/mol. The minimum atomic E-state index is -4.65. The van der Waals surface area contributed by atoms with E-state index in [0.29, 0.717) is 5.56 Å². The van der Waals surface area contributed by atoms with Crippen LogP contribution >= 0.6 is 0 Å². The maximum atomic E-state index is 13.5. The van der Waals surface area contributed by atoms with Crippen LogP contribution in [0.15, 0.2) is 53.2 Å². The number of benzene rings is 1. The molecule has 1 aromatic carbocycles. The van der Waals surface area contributed by atoms with E-state index in [1.54, 1.807) is 0 Å². The zero-order chi connectivity index (χ0) is 21.6. The summed E-state index contributed by atoms with van der Waals surface area (Å²) in [6.45, 7) is 0. The lowest BCUT2D eigenvalue weighted by atomic mass is 9.88. The number of hydrogen-bond donors (Lipinski definition) is 1. The zero-order valence-electron chi connectivity index (χ0n) is 14.6. The molecule has 1 heterocycles. The van der Waals surface area contributed by atoms with Gasteiger partial charge in [0, 0.05) is 17.7 Å². The van der Waals surface area contributed by atoms with Gasteiger partial charge in [0.05, 0.1) is 5.56 Å². The number of hydrogen-bond acceptors (Lipinski definition) is 3. The summed E-state index contributed by atoms with van der Waals surface area (Å²) in [5.74, 6) is -0.801. The Morgan fingerprint density at radius 3 is 2.00 bits per heavy atom. The van der Waals surface area contributed by atoms with Crippen molar-refractivity contribution >= 4 is 15.6 Å². The summed E-state index contributed by atoms with van der Waals surface area (Å²) in [5, 5.41) is 4.53. The lowest BCUT2D eigenvalue weighted by Crippen LogP contribution is -2.14. The largest absolute Gasteiger partial charge is 0.416 e. The molecular formula is C18H14F6N2O2S. The highest BCUT2D eigenvalue weighted by Crippen LogP contribution is 2.50. The normalized spacial score (nSPS) is 18.4. The van der Waals surface area contributed by atoms with Crippen molar-refractivity contribution in [2.75, 3.05) is 0 Å². The van der Waals surface area contributed by atoms with Crippen LogP contribution in [0.3, 0.4) is 0 Å². The van der Waals surface area contributed by atoms with Crippen LogP contribution in [0.5, 0.6) is 0 Å². The van der Waals surface area contributed by atoms with Gasteiger partial charge in [0.2, 0.25) is 0 Å². The first-order chi connectivity index (χ1) is 13.3. The number of nitrogens with zero attached hydrogens (tertiary/aromatic N) is 1. The molecule has 1 aromatic heterocycles. The Morgan fingerprint density at radius 2 is 1.55 bits per heavy atom. The van der Waals surface area contributed by atoms with Gasteiger partial charge in [-0.1, -0.05) is 18.2 Å². The summed E-state index contributed by atoms with van der Waals surface area (Å²) in [6.07, 6.45) is -8.40. The SMILES string of the molecule is NS(=O)(=O)c1ccc(C2CCC(C(F)(F)F)=C2c2ccc(C(F)(F)F)cc2)cn1. The number of rotatable bonds is 3. The number of nitrogens with two attached hydrogens (primary N) is 1. The molecule has 0 spiro atoms. The average Bonchev–Trinajstić information content (AvgIpc) is 3.06. The van der Waals surface area contributed by atoms with Gasteiger partial charge in [0.25, 0.3) is 10.0 Å². The van der Waals surface area contributed by atoms with Crippen molar-refractivity contribution in [1.82, 2.24) is 4.98 Å². The van der Waals surface area contributed by atoms with E-state index in [4.69, 9.17) is 5.14 Å². The molecule has 0 saturated heterocycles. The Labute approximate surface area is 162 Å². The fourth-order valence-corrected chi connectivity index (χ4v) is 3.84. The fourth-order valence-electron chi connectivity index (χ4n) is 3.39. The van der Waals surface area contributed by atoms with Crippen LogP contribution in [0.1, 0.15) is 35.4 Å². The molecule has 0 radical (unpaired) electrons. The minimum absolute atomic E-state index is 0.0170. The molecule has 0 fully saturated rings. The van der Waals surface area contributed by atoms with Gasteiger partial charge in [-0.3, -0.25) is 0 Å². The maximum Gasteiger partial charge on any atom is 0.416 e. The maximum absolute atomic E-state index is 13.5. The summed E-state index contributed by atoms with van der Waals surface area (Å²) in [5.41, 5.74) is -1.60. The predicted molar refractivity (Wildman–Crippen MR) is 92.0 cm³/mol. The van der Waals surface area contributed by atoms with Crippen LogP contribution in [0, 0.1) is 0 Å². The summed E-state index contributed by atoms with van der Waals surface area (Å²) in [6, 6.07) is 5.87. The molecule has 1 aliphatic rings. The minimum Gasteiger partial charge on any atom is -0.243 e. The molecule has 0 saturated carbocycles. The molecule has 0 bridgehead atoms. The molecule has 2 aromatic rings. The summed E-state index contributed by atoms with van der Waals surface area (Å²) in [4.78, 5) is 3.69. The Kier molecular flexibility index (Phi) is 5.24. The van der Waals surface area contributed by atoms with E-state index in [-0.39, 0.29) is 24.0 Å². The van der Waals surface area contributed by atoms with Gasteiger partial charge in [-0.15, -0.1) is 0 Å². The Bertz CT molecular complexity index is 1040. The van der Waals surface area contributed by atoms with Crippen LogP contribution in [0.4, 0.5) is 26.3 Å². The second-order valence-electron chi connectivity index (χ2n) is 6.53. The van der Waals surface area contributed by atoms with Crippen LogP contribution in [-0.2, 0) is 16.2 Å². The standard InChI is InChI=1S/C18H14F6N2O2S/c19-17(20,21)12-4-1-10(2-5-12)16-13(6-7-14(16)18(22,23)24)11-3-8-15(26-9-11)29(25,27)28/h1-5,8-9,13H,6-7H2,(H2,25,27,28). The molecule has 0 aliphatic heterocycles. The third kappa shape index (κ3) is 4.45. The van der Waals surface area contributed by atoms with E-state index in [2.05, 4.69) is 4.98 Å². The van der Waals surface area contributed by atoms with Gasteiger partial charge in [0.1, 0.15) is 0 Å². The first kappa shape index (κ1) is 21.3. The van der Waals surface area contributed by atoms with E-state index in [1.807, 2.05) is 0 Å². The van der Waals surface area contributed by atoms with Crippen molar-refractivity contribution in [3.05, 3.63) is 64.9 Å². The van der Waals surface area contributed by atoms with Gasteiger partial charge in [-0.25, -0.2) is 18.5 Å². The number of primary sulfonamides is 1.